The largest absolute Gasteiger partial charge is 0.466 e. The summed E-state index contributed by atoms with van der Waals surface area (Å²) >= 11 is 3.32. The number of halogens is 1. The number of alkyl halides is 1. The highest BCUT2D eigenvalue weighted by atomic mass is 79.9. The molecule has 0 aliphatic carbocycles. The first-order valence-electron chi connectivity index (χ1n) is 9.52. The van der Waals surface area contributed by atoms with Crippen molar-refractivity contribution >= 4 is 21.9 Å². The van der Waals surface area contributed by atoms with E-state index in [-0.39, 0.29) is 5.97 Å². The Bertz CT molecular complexity index is 231. The molecule has 0 aromatic heterocycles. The third kappa shape index (κ3) is 18.0. The summed E-state index contributed by atoms with van der Waals surface area (Å²) in [6.45, 7) is 2.88. The highest BCUT2D eigenvalue weighted by molar-refractivity contribution is 9.09. The Morgan fingerprint density at radius 1 is 0.727 bits per heavy atom. The summed E-state index contributed by atoms with van der Waals surface area (Å²) in [4.78, 5) is 11.3. The van der Waals surface area contributed by atoms with E-state index in [0.29, 0.717) is 13.0 Å². The van der Waals surface area contributed by atoms with Gasteiger partial charge >= 0.3 is 5.97 Å². The zero-order valence-electron chi connectivity index (χ0n) is 14.7. The van der Waals surface area contributed by atoms with Gasteiger partial charge in [-0.15, -0.1) is 0 Å². The third-order valence-electron chi connectivity index (χ3n) is 4.03. The van der Waals surface area contributed by atoms with Gasteiger partial charge in [-0.2, -0.15) is 0 Å². The van der Waals surface area contributed by atoms with E-state index in [2.05, 4.69) is 22.9 Å². The summed E-state index contributed by atoms with van der Waals surface area (Å²) in [5.74, 6) is -0.0432. The van der Waals surface area contributed by atoms with E-state index in [9.17, 15) is 4.79 Å². The van der Waals surface area contributed by atoms with Crippen LogP contribution in [-0.4, -0.2) is 17.9 Å². The fourth-order valence-corrected chi connectivity index (χ4v) is 2.87. The van der Waals surface area contributed by atoms with Gasteiger partial charge in [-0.25, -0.2) is 0 Å². The molecule has 0 bridgehead atoms. The van der Waals surface area contributed by atoms with Crippen LogP contribution in [0.3, 0.4) is 0 Å². The minimum absolute atomic E-state index is 0.0432. The maximum atomic E-state index is 11.3. The van der Waals surface area contributed by atoms with Gasteiger partial charge in [0.1, 0.15) is 0 Å². The third-order valence-corrected chi connectivity index (χ3v) is 4.59. The van der Waals surface area contributed by atoms with Crippen LogP contribution in [0.2, 0.25) is 0 Å². The first kappa shape index (κ1) is 21.9. The Balaban J connectivity index is 3.04. The van der Waals surface area contributed by atoms with Crippen molar-refractivity contribution in [3.63, 3.8) is 0 Å². The average Bonchev–Trinajstić information content (AvgIpc) is 2.53. The Morgan fingerprint density at radius 2 is 1.18 bits per heavy atom. The lowest BCUT2D eigenvalue weighted by molar-refractivity contribution is -0.143. The lowest BCUT2D eigenvalue weighted by Crippen LogP contribution is -2.05. The summed E-state index contributed by atoms with van der Waals surface area (Å²) in [5, 5.41) is 0.876. The van der Waals surface area contributed by atoms with E-state index in [1.54, 1.807) is 0 Å². The molecule has 0 aliphatic rings. The van der Waals surface area contributed by atoms with Gasteiger partial charge in [-0.3, -0.25) is 4.79 Å². The average molecular weight is 377 g/mol. The Kier molecular flexibility index (Phi) is 19.0. The molecule has 0 spiro atoms. The number of carbonyl (C=O) groups excluding carboxylic acids is 1. The van der Waals surface area contributed by atoms with Crippen LogP contribution in [0.4, 0.5) is 0 Å². The second-order valence-corrected chi connectivity index (χ2v) is 7.05. The van der Waals surface area contributed by atoms with E-state index in [1.807, 2.05) is 0 Å². The van der Waals surface area contributed by atoms with Crippen LogP contribution >= 0.6 is 15.9 Å². The molecule has 132 valence electrons. The molecule has 0 aliphatic heterocycles. The summed E-state index contributed by atoms with van der Waals surface area (Å²) in [6, 6.07) is 0. The highest BCUT2D eigenvalue weighted by Gasteiger charge is 2.01. The van der Waals surface area contributed by atoms with Crippen molar-refractivity contribution < 1.29 is 9.53 Å². The van der Waals surface area contributed by atoms with Crippen LogP contribution in [0, 0.1) is 0 Å². The zero-order valence-corrected chi connectivity index (χ0v) is 16.3. The fraction of sp³-hybridized carbons (Fsp3) is 0.947. The molecular formula is C19H37BrO2. The molecule has 0 unspecified atom stereocenters. The van der Waals surface area contributed by atoms with Crippen LogP contribution < -0.4 is 0 Å². The Labute approximate surface area is 146 Å². The van der Waals surface area contributed by atoms with Crippen molar-refractivity contribution in [1.29, 1.82) is 0 Å². The van der Waals surface area contributed by atoms with Crippen LogP contribution in [0.1, 0.15) is 103 Å². The minimum atomic E-state index is -0.0432. The second-order valence-electron chi connectivity index (χ2n) is 6.26. The second kappa shape index (κ2) is 19.0. The number of carbonyl (C=O) groups is 1. The molecule has 0 heterocycles. The molecule has 0 saturated heterocycles. The molecule has 0 aromatic rings. The van der Waals surface area contributed by atoms with E-state index < -0.39 is 0 Å². The number of esters is 1. The molecule has 2 nitrogen and oxygen atoms in total. The topological polar surface area (TPSA) is 26.3 Å². The van der Waals surface area contributed by atoms with Crippen molar-refractivity contribution in [1.82, 2.24) is 0 Å². The standard InChI is InChI=1S/C19H37BrO2/c1-2-3-4-5-6-7-8-9-10-11-12-13-14-18-22-19(21)16-15-17-20/h2-18H2,1H3. The summed E-state index contributed by atoms with van der Waals surface area (Å²) in [5.41, 5.74) is 0. The quantitative estimate of drug-likeness (QED) is 0.158. The van der Waals surface area contributed by atoms with Crippen molar-refractivity contribution in [3.8, 4) is 0 Å². The molecule has 22 heavy (non-hydrogen) atoms. The smallest absolute Gasteiger partial charge is 0.305 e. The van der Waals surface area contributed by atoms with Crippen molar-refractivity contribution in [3.05, 3.63) is 0 Å². The van der Waals surface area contributed by atoms with E-state index in [0.717, 1.165) is 18.2 Å². The molecule has 0 N–H and O–H groups in total. The van der Waals surface area contributed by atoms with E-state index >= 15 is 0 Å². The molecule has 0 amide bonds. The van der Waals surface area contributed by atoms with E-state index in [4.69, 9.17) is 4.74 Å². The van der Waals surface area contributed by atoms with Gasteiger partial charge in [0.2, 0.25) is 0 Å². The molecule has 0 saturated carbocycles. The van der Waals surface area contributed by atoms with Crippen LogP contribution in [0.15, 0.2) is 0 Å². The van der Waals surface area contributed by atoms with Crippen molar-refractivity contribution in [2.45, 2.75) is 103 Å². The van der Waals surface area contributed by atoms with Gasteiger partial charge in [-0.05, 0) is 12.8 Å². The molecular weight excluding hydrogens is 340 g/mol. The number of hydrogen-bond acceptors (Lipinski definition) is 2. The Morgan fingerprint density at radius 3 is 1.64 bits per heavy atom. The fourth-order valence-electron chi connectivity index (χ4n) is 2.59. The molecule has 0 atom stereocenters. The summed E-state index contributed by atoms with van der Waals surface area (Å²) in [6.07, 6.45) is 18.9. The van der Waals surface area contributed by atoms with Crippen LogP contribution in [0.25, 0.3) is 0 Å². The van der Waals surface area contributed by atoms with Gasteiger partial charge in [0.25, 0.3) is 0 Å². The first-order valence-corrected chi connectivity index (χ1v) is 10.6. The lowest BCUT2D eigenvalue weighted by atomic mass is 10.0. The van der Waals surface area contributed by atoms with Crippen molar-refractivity contribution in [2.24, 2.45) is 0 Å². The van der Waals surface area contributed by atoms with Gasteiger partial charge in [-0.1, -0.05) is 99.9 Å². The minimum Gasteiger partial charge on any atom is -0.466 e. The maximum absolute atomic E-state index is 11.3. The highest BCUT2D eigenvalue weighted by Crippen LogP contribution is 2.12. The van der Waals surface area contributed by atoms with Crippen LogP contribution in [0.5, 0.6) is 0 Å². The maximum Gasteiger partial charge on any atom is 0.305 e. The normalized spacial score (nSPS) is 10.8. The first-order chi connectivity index (χ1) is 10.8. The zero-order chi connectivity index (χ0) is 16.3. The van der Waals surface area contributed by atoms with Gasteiger partial charge in [0, 0.05) is 11.8 Å². The lowest BCUT2D eigenvalue weighted by Gasteiger charge is -2.05. The molecule has 0 aromatic carbocycles. The number of ether oxygens (including phenoxy) is 1. The predicted octanol–water partition coefficient (Wildman–Crippen LogP) is 6.80. The summed E-state index contributed by atoms with van der Waals surface area (Å²) < 4.78 is 5.18. The summed E-state index contributed by atoms with van der Waals surface area (Å²) in [7, 11) is 0. The van der Waals surface area contributed by atoms with Gasteiger partial charge in [0.15, 0.2) is 0 Å². The number of rotatable bonds is 17. The predicted molar refractivity (Wildman–Crippen MR) is 99.7 cm³/mol. The molecule has 0 rings (SSSR count). The molecule has 0 radical (unpaired) electrons. The monoisotopic (exact) mass is 376 g/mol. The van der Waals surface area contributed by atoms with Crippen molar-refractivity contribution in [2.75, 3.05) is 11.9 Å². The van der Waals surface area contributed by atoms with Crippen LogP contribution in [-0.2, 0) is 9.53 Å². The number of hydrogen-bond donors (Lipinski definition) is 0. The molecule has 0 fully saturated rings. The SMILES string of the molecule is CCCCCCCCCCCCCCCOC(=O)CCCBr. The van der Waals surface area contributed by atoms with E-state index in [1.165, 1.54) is 77.0 Å². The number of unbranched alkanes of at least 4 members (excludes halogenated alkanes) is 12. The van der Waals surface area contributed by atoms with Gasteiger partial charge in [0.05, 0.1) is 6.61 Å². The Hall–Kier alpha value is -0.0500. The van der Waals surface area contributed by atoms with Gasteiger partial charge < -0.3 is 4.74 Å². The molecule has 3 heteroatoms.